The number of nitrogens with one attached hydrogen (secondary N) is 4. The Morgan fingerprint density at radius 2 is 0.960 bits per heavy atom. The van der Waals surface area contributed by atoms with Crippen molar-refractivity contribution in [2.24, 2.45) is 41.4 Å². The Morgan fingerprint density at radius 3 is 1.43 bits per heavy atom. The Morgan fingerprint density at radius 1 is 0.525 bits per heavy atom. The van der Waals surface area contributed by atoms with Crippen molar-refractivity contribution in [3.8, 4) is 0 Å². The molecule has 0 aromatic carbocycles. The second-order valence-electron chi connectivity index (χ2n) is 29.9. The predicted molar refractivity (Wildman–Crippen MR) is 388 cm³/mol. The molecule has 0 unspecified atom stereocenters. The number of hydrogen-bond donors (Lipinski definition) is 6. The summed E-state index contributed by atoms with van der Waals surface area (Å²) in [4.78, 5) is 198. The molecule has 101 heavy (non-hydrogen) atoms. The van der Waals surface area contributed by atoms with E-state index in [4.69, 9.17) is 9.47 Å². The lowest BCUT2D eigenvalue weighted by Crippen LogP contribution is -2.64. The number of unbranched alkanes of at least 4 members (excludes halogenated alkanes) is 1. The summed E-state index contributed by atoms with van der Waals surface area (Å²) in [6.45, 7) is 28.5. The minimum Gasteiger partial charge on any atom is -0.468 e. The molecule has 1 saturated heterocycles. The van der Waals surface area contributed by atoms with Crippen molar-refractivity contribution in [2.75, 3.05) is 75.1 Å². The molecule has 6 N–H and O–H groups in total. The van der Waals surface area contributed by atoms with E-state index in [1.807, 2.05) is 41.5 Å². The number of methoxy groups -OCH3 is 2. The number of allylic oxidation sites excluding steroid dienone is 2. The number of carbonyl (C=O) groups excluding carboxylic acids is 13. The quantitative estimate of drug-likeness (QED) is 0.0348. The number of nitrogens with zero attached hydrogens (tertiary/aromatic N) is 7. The summed E-state index contributed by atoms with van der Waals surface area (Å²) in [7, 11) is 11.9. The average molecular weight is 1450 g/mol. The molecule has 0 aliphatic carbocycles. The lowest BCUT2D eigenvalue weighted by molar-refractivity contribution is -0.159. The van der Waals surface area contributed by atoms with Gasteiger partial charge in [-0.15, -0.1) is 0 Å². The van der Waals surface area contributed by atoms with Crippen molar-refractivity contribution in [1.29, 1.82) is 0 Å². The van der Waals surface area contributed by atoms with Crippen LogP contribution in [0.2, 0.25) is 0 Å². The Hall–Kier alpha value is -6.88. The smallest absolute Gasteiger partial charge is 0.320 e. The first-order chi connectivity index (χ1) is 46.7. The van der Waals surface area contributed by atoms with E-state index in [0.29, 0.717) is 18.6 Å². The van der Waals surface area contributed by atoms with Crippen LogP contribution in [0.25, 0.3) is 0 Å². The van der Waals surface area contributed by atoms with Gasteiger partial charge in [-0.05, 0) is 121 Å². The largest absolute Gasteiger partial charge is 0.468 e. The monoisotopic (exact) mass is 1450 g/mol. The molecule has 1 heterocycles. The molecule has 0 saturated carbocycles. The standard InChI is InChI=1S/C72H127N11O17S/c1-27-29-32-45(13)58(84)57-62(88)75-49(28-2)64(90)81(22)54(39-101-34-31-30-33-48(70(96)99-25)71(97)100-26)67(93)80(21)53(38-72(16,17)98)61(87)76-55(43(9)10)68(94)77(18)50(35-40(3)4)60(86)73-46(14)59(85)74-47(15)63(89)78(19)51(36-41(5)6)65(91)79(20)52(37-42(7)8)66(92)82(23)56(44(11)12)69(95)83(57)24/h27,29,40-58,84,98H,28,30-39H2,1-26H3,(H,73,86)(H,74,85)(H,75,88)(H,76,87)/t45-,46+,47-,49+,50+,51+,52+,53+,54-,55+,56+,57+,58-/m1/s1. The molecule has 1 rings (SSSR count). The van der Waals surface area contributed by atoms with Gasteiger partial charge >= 0.3 is 11.9 Å². The van der Waals surface area contributed by atoms with Crippen LogP contribution in [0, 0.1) is 41.4 Å². The molecule has 11 amide bonds. The summed E-state index contributed by atoms with van der Waals surface area (Å²) in [6, 6.07) is -15.0. The van der Waals surface area contributed by atoms with Gasteiger partial charge in [0, 0.05) is 61.5 Å². The predicted octanol–water partition coefficient (Wildman–Crippen LogP) is 3.62. The van der Waals surface area contributed by atoms with Gasteiger partial charge in [-0.1, -0.05) is 102 Å². The number of esters is 2. The molecule has 578 valence electrons. The third-order valence-corrected chi connectivity index (χ3v) is 19.8. The first-order valence-electron chi connectivity index (χ1n) is 35.6. The van der Waals surface area contributed by atoms with Gasteiger partial charge in [-0.3, -0.25) is 62.3 Å². The maximum Gasteiger partial charge on any atom is 0.320 e. The second kappa shape index (κ2) is 42.6. The van der Waals surface area contributed by atoms with Crippen molar-refractivity contribution in [2.45, 2.75) is 254 Å². The van der Waals surface area contributed by atoms with Gasteiger partial charge < -0.3 is 75.3 Å². The zero-order chi connectivity index (χ0) is 78.2. The van der Waals surface area contributed by atoms with Gasteiger partial charge in [0.05, 0.1) is 25.9 Å². The Kier molecular flexibility index (Phi) is 38.9. The third kappa shape index (κ3) is 27.0. The molecule has 0 aromatic rings. The molecule has 1 aliphatic heterocycles. The molecular formula is C72H127N11O17S. The van der Waals surface area contributed by atoms with Crippen LogP contribution in [0.4, 0.5) is 0 Å². The van der Waals surface area contributed by atoms with E-state index in [1.165, 1.54) is 108 Å². The molecule has 1 aliphatic rings. The van der Waals surface area contributed by atoms with E-state index >= 15 is 33.6 Å². The molecule has 0 bridgehead atoms. The summed E-state index contributed by atoms with van der Waals surface area (Å²) < 4.78 is 9.65. The zero-order valence-corrected chi connectivity index (χ0v) is 66.3. The number of ether oxygens (including phenoxy) is 2. The van der Waals surface area contributed by atoms with Crippen LogP contribution < -0.4 is 21.3 Å². The van der Waals surface area contributed by atoms with Crippen LogP contribution >= 0.6 is 11.8 Å². The number of likely N-dealkylation sites (N-methyl/N-ethyl adjacent to an activating group) is 7. The molecule has 0 aromatic heterocycles. The summed E-state index contributed by atoms with van der Waals surface area (Å²) in [5.74, 6) is -13.6. The summed E-state index contributed by atoms with van der Waals surface area (Å²) in [5, 5.41) is 34.7. The van der Waals surface area contributed by atoms with Gasteiger partial charge in [0.1, 0.15) is 66.5 Å². The van der Waals surface area contributed by atoms with Gasteiger partial charge in [0.25, 0.3) is 0 Å². The van der Waals surface area contributed by atoms with Crippen molar-refractivity contribution < 1.29 is 82.0 Å². The van der Waals surface area contributed by atoms with Crippen LogP contribution in [-0.4, -0.2) is 275 Å². The lowest BCUT2D eigenvalue weighted by atomic mass is 9.91. The van der Waals surface area contributed by atoms with Crippen molar-refractivity contribution >= 4 is 88.7 Å². The number of rotatable bonds is 24. The SMILES string of the molecule is CC=CC[C@@H](C)[C@@H](O)[C@H]1C(=O)N[C@@H](CC)C(=O)N(C)[C@H](CSCCCCC(C(=O)OC)C(=O)OC)C(=O)N(C)[C@@H](CC(C)(C)O)C(=O)N[C@@H](C(C)C)C(=O)N(C)[C@@H](CC(C)C)C(=O)N[C@@H](C)C(=O)N[C@H](C)C(=O)N(C)[C@@H](CC(C)C)C(=O)N(C)[C@@H](CC(C)C)C(=O)N(C)[C@@H](C(C)C)C(=O)N1C. The number of thioether (sulfide) groups is 1. The van der Waals surface area contributed by atoms with E-state index in [2.05, 4.69) is 21.3 Å². The van der Waals surface area contributed by atoms with Gasteiger partial charge in [-0.25, -0.2) is 0 Å². The highest BCUT2D eigenvalue weighted by atomic mass is 32.2. The lowest BCUT2D eigenvalue weighted by Gasteiger charge is -2.41. The van der Waals surface area contributed by atoms with Crippen molar-refractivity contribution in [1.82, 2.24) is 55.6 Å². The maximum absolute atomic E-state index is 15.5. The highest BCUT2D eigenvalue weighted by Gasteiger charge is 2.47. The third-order valence-electron chi connectivity index (χ3n) is 18.7. The number of amides is 11. The average Bonchev–Trinajstić information content (AvgIpc) is 0.807. The van der Waals surface area contributed by atoms with Crippen molar-refractivity contribution in [3.05, 3.63) is 12.2 Å². The molecule has 1 fully saturated rings. The summed E-state index contributed by atoms with van der Waals surface area (Å²) in [5.41, 5.74) is -1.65. The fraction of sp³-hybridized carbons (Fsp3) is 0.792. The number of aliphatic hydroxyl groups is 2. The normalized spacial score (nSPS) is 25.3. The number of carbonyl (C=O) groups is 13. The highest BCUT2D eigenvalue weighted by Crippen LogP contribution is 2.27. The van der Waals surface area contributed by atoms with E-state index in [0.717, 1.165) is 28.9 Å². The molecule has 0 radical (unpaired) electrons. The van der Waals surface area contributed by atoms with E-state index in [9.17, 15) is 39.0 Å². The molecule has 29 heteroatoms. The second-order valence-corrected chi connectivity index (χ2v) is 31.0. The zero-order valence-electron chi connectivity index (χ0n) is 65.5. The van der Waals surface area contributed by atoms with E-state index in [1.54, 1.807) is 60.6 Å². The van der Waals surface area contributed by atoms with E-state index < -0.39 is 185 Å². The fourth-order valence-corrected chi connectivity index (χ4v) is 13.5. The van der Waals surface area contributed by atoms with Crippen LogP contribution in [0.5, 0.6) is 0 Å². The minimum absolute atomic E-state index is 0.0743. The topological polar surface area (TPSA) is 352 Å². The molecule has 13 atom stereocenters. The summed E-state index contributed by atoms with van der Waals surface area (Å²) in [6.07, 6.45) is 2.80. The van der Waals surface area contributed by atoms with Gasteiger partial charge in [-0.2, -0.15) is 11.8 Å². The highest BCUT2D eigenvalue weighted by molar-refractivity contribution is 7.99. The number of hydrogen-bond acceptors (Lipinski definition) is 18. The van der Waals surface area contributed by atoms with Crippen LogP contribution in [0.1, 0.15) is 175 Å². The first kappa shape index (κ1) is 92.1. The minimum atomic E-state index is -1.72. The van der Waals surface area contributed by atoms with E-state index in [-0.39, 0.29) is 62.0 Å². The molecule has 0 spiro atoms. The Bertz CT molecular complexity index is 2820. The van der Waals surface area contributed by atoms with Crippen LogP contribution in [0.15, 0.2) is 12.2 Å². The Balaban J connectivity index is 4.60. The Labute approximate surface area is 606 Å². The van der Waals surface area contributed by atoms with Gasteiger partial charge in [0.15, 0.2) is 5.92 Å². The molecular weight excluding hydrogens is 1320 g/mol. The number of aliphatic hydroxyl groups excluding tert-OH is 1. The van der Waals surface area contributed by atoms with Crippen LogP contribution in [0.3, 0.4) is 0 Å². The fourth-order valence-electron chi connectivity index (χ4n) is 12.3. The maximum atomic E-state index is 15.5. The summed E-state index contributed by atoms with van der Waals surface area (Å²) >= 11 is 1.22. The van der Waals surface area contributed by atoms with Crippen molar-refractivity contribution in [3.63, 3.8) is 0 Å². The van der Waals surface area contributed by atoms with Gasteiger partial charge in [0.2, 0.25) is 65.0 Å². The first-order valence-corrected chi connectivity index (χ1v) is 36.7. The molecule has 28 nitrogen and oxygen atoms in total. The van der Waals surface area contributed by atoms with Crippen LogP contribution in [-0.2, 0) is 71.8 Å².